The van der Waals surface area contributed by atoms with E-state index in [0.29, 0.717) is 11.2 Å². The van der Waals surface area contributed by atoms with Crippen LogP contribution < -0.4 is 0 Å². The number of carboxylic acid groups (broad SMARTS) is 1. The molecule has 0 spiro atoms. The van der Waals surface area contributed by atoms with Crippen molar-refractivity contribution in [2.45, 2.75) is 19.9 Å². The lowest BCUT2D eigenvalue weighted by Gasteiger charge is -2.17. The van der Waals surface area contributed by atoms with Gasteiger partial charge in [0.05, 0.1) is 12.5 Å². The molecule has 6 heteroatoms. The number of fused-ring (bicyclic) bond motifs is 1. The molecule has 0 saturated carbocycles. The van der Waals surface area contributed by atoms with Gasteiger partial charge in [0.2, 0.25) is 0 Å². The van der Waals surface area contributed by atoms with Crippen LogP contribution in [-0.4, -0.2) is 30.6 Å². The molecular weight excluding hydrogens is 208 g/mol. The van der Waals surface area contributed by atoms with E-state index in [1.54, 1.807) is 10.8 Å². The standard InChI is InChI=1S/C10H12N4O2/c1-6(2)8(10(15)16)14-5-13-7-3-11-4-12-9(7)14/h3-6,8H,1-2H3,(H,15,16). The van der Waals surface area contributed by atoms with Gasteiger partial charge in [-0.1, -0.05) is 13.8 Å². The van der Waals surface area contributed by atoms with Crippen molar-refractivity contribution in [1.29, 1.82) is 0 Å². The van der Waals surface area contributed by atoms with Gasteiger partial charge in [-0.3, -0.25) is 0 Å². The summed E-state index contributed by atoms with van der Waals surface area (Å²) in [7, 11) is 0. The minimum Gasteiger partial charge on any atom is -0.480 e. The van der Waals surface area contributed by atoms with Crippen molar-refractivity contribution in [3.05, 3.63) is 18.9 Å². The molecule has 2 aromatic rings. The Balaban J connectivity index is 2.57. The molecule has 2 heterocycles. The molecule has 16 heavy (non-hydrogen) atoms. The molecule has 6 nitrogen and oxygen atoms in total. The van der Waals surface area contributed by atoms with Gasteiger partial charge < -0.3 is 9.67 Å². The molecule has 2 aromatic heterocycles. The van der Waals surface area contributed by atoms with Gasteiger partial charge in [0.25, 0.3) is 0 Å². The largest absolute Gasteiger partial charge is 0.480 e. The first kappa shape index (κ1) is 10.5. The molecule has 0 aliphatic carbocycles. The summed E-state index contributed by atoms with van der Waals surface area (Å²) >= 11 is 0. The van der Waals surface area contributed by atoms with E-state index in [1.807, 2.05) is 13.8 Å². The molecule has 1 N–H and O–H groups in total. The Labute approximate surface area is 92.0 Å². The molecule has 0 amide bonds. The van der Waals surface area contributed by atoms with Crippen molar-refractivity contribution >= 4 is 17.1 Å². The van der Waals surface area contributed by atoms with Crippen molar-refractivity contribution in [2.24, 2.45) is 5.92 Å². The fourth-order valence-electron chi connectivity index (χ4n) is 1.71. The smallest absolute Gasteiger partial charge is 0.327 e. The molecule has 0 fully saturated rings. The Morgan fingerprint density at radius 1 is 1.44 bits per heavy atom. The highest BCUT2D eigenvalue weighted by Crippen LogP contribution is 2.21. The number of aliphatic carboxylic acids is 1. The summed E-state index contributed by atoms with van der Waals surface area (Å²) in [6.45, 7) is 3.71. The number of hydrogen-bond donors (Lipinski definition) is 1. The summed E-state index contributed by atoms with van der Waals surface area (Å²) in [5.74, 6) is -0.919. The van der Waals surface area contributed by atoms with Crippen LogP contribution in [0.25, 0.3) is 11.2 Å². The predicted molar refractivity (Wildman–Crippen MR) is 56.8 cm³/mol. The Kier molecular flexibility index (Phi) is 2.55. The van der Waals surface area contributed by atoms with E-state index in [1.165, 1.54) is 12.7 Å². The third-order valence-electron chi connectivity index (χ3n) is 2.42. The van der Waals surface area contributed by atoms with Crippen LogP contribution in [0.4, 0.5) is 0 Å². The summed E-state index contributed by atoms with van der Waals surface area (Å²) in [5, 5.41) is 9.18. The van der Waals surface area contributed by atoms with E-state index in [2.05, 4.69) is 15.0 Å². The maximum absolute atomic E-state index is 11.2. The summed E-state index contributed by atoms with van der Waals surface area (Å²) in [4.78, 5) is 23.2. The Morgan fingerprint density at radius 3 is 2.81 bits per heavy atom. The lowest BCUT2D eigenvalue weighted by Crippen LogP contribution is -2.23. The van der Waals surface area contributed by atoms with Crippen LogP contribution in [-0.2, 0) is 4.79 Å². The highest BCUT2D eigenvalue weighted by atomic mass is 16.4. The number of rotatable bonds is 3. The summed E-state index contributed by atoms with van der Waals surface area (Å²) in [6.07, 6.45) is 4.45. The van der Waals surface area contributed by atoms with Crippen molar-refractivity contribution in [2.75, 3.05) is 0 Å². The monoisotopic (exact) mass is 220 g/mol. The number of aromatic nitrogens is 4. The SMILES string of the molecule is CC(C)C(C(=O)O)n1cnc2cncnc21. The molecule has 84 valence electrons. The molecule has 0 bridgehead atoms. The zero-order valence-corrected chi connectivity index (χ0v) is 9.03. The first-order chi connectivity index (χ1) is 7.61. The van der Waals surface area contributed by atoms with Gasteiger partial charge >= 0.3 is 5.97 Å². The molecule has 0 aromatic carbocycles. The van der Waals surface area contributed by atoms with Crippen LogP contribution in [0, 0.1) is 5.92 Å². The molecular formula is C10H12N4O2. The number of carboxylic acids is 1. The number of hydrogen-bond acceptors (Lipinski definition) is 4. The molecule has 2 rings (SSSR count). The average Bonchev–Trinajstić information content (AvgIpc) is 2.61. The average molecular weight is 220 g/mol. The van der Waals surface area contributed by atoms with Crippen LogP contribution in [0.1, 0.15) is 19.9 Å². The molecule has 0 aliphatic rings. The fraction of sp³-hybridized carbons (Fsp3) is 0.400. The van der Waals surface area contributed by atoms with Gasteiger partial charge in [-0.05, 0) is 5.92 Å². The van der Waals surface area contributed by atoms with E-state index in [0.717, 1.165) is 0 Å². The minimum atomic E-state index is -0.882. The number of carbonyl (C=O) groups is 1. The van der Waals surface area contributed by atoms with E-state index in [4.69, 9.17) is 0 Å². The van der Waals surface area contributed by atoms with Crippen LogP contribution in [0.3, 0.4) is 0 Å². The maximum Gasteiger partial charge on any atom is 0.327 e. The normalized spacial score (nSPS) is 13.2. The Bertz CT molecular complexity index is 520. The van der Waals surface area contributed by atoms with E-state index in [9.17, 15) is 9.90 Å². The Morgan fingerprint density at radius 2 is 2.19 bits per heavy atom. The third kappa shape index (κ3) is 1.62. The molecule has 1 atom stereocenters. The summed E-state index contributed by atoms with van der Waals surface area (Å²) in [5.41, 5.74) is 1.16. The van der Waals surface area contributed by atoms with Crippen LogP contribution in [0.5, 0.6) is 0 Å². The maximum atomic E-state index is 11.2. The van der Waals surface area contributed by atoms with Gasteiger partial charge in [-0.15, -0.1) is 0 Å². The minimum absolute atomic E-state index is 0.0372. The molecule has 1 unspecified atom stereocenters. The second-order valence-corrected chi connectivity index (χ2v) is 3.91. The van der Waals surface area contributed by atoms with Gasteiger partial charge in [0, 0.05) is 0 Å². The first-order valence-electron chi connectivity index (χ1n) is 4.96. The second-order valence-electron chi connectivity index (χ2n) is 3.91. The van der Waals surface area contributed by atoms with Crippen molar-refractivity contribution < 1.29 is 9.90 Å². The predicted octanol–water partition coefficient (Wildman–Crippen LogP) is 1.11. The van der Waals surface area contributed by atoms with Gasteiger partial charge in [0.1, 0.15) is 17.9 Å². The van der Waals surface area contributed by atoms with E-state index in [-0.39, 0.29) is 5.92 Å². The quantitative estimate of drug-likeness (QED) is 0.837. The van der Waals surface area contributed by atoms with Crippen molar-refractivity contribution in [3.8, 4) is 0 Å². The highest BCUT2D eigenvalue weighted by molar-refractivity contribution is 5.76. The molecule has 0 aliphatic heterocycles. The topological polar surface area (TPSA) is 80.9 Å². The molecule has 0 radical (unpaired) electrons. The van der Waals surface area contributed by atoms with Crippen molar-refractivity contribution in [3.63, 3.8) is 0 Å². The van der Waals surface area contributed by atoms with Crippen LogP contribution >= 0.6 is 0 Å². The fourth-order valence-corrected chi connectivity index (χ4v) is 1.71. The highest BCUT2D eigenvalue weighted by Gasteiger charge is 2.25. The number of imidazole rings is 1. The zero-order chi connectivity index (χ0) is 11.7. The number of nitrogens with zero attached hydrogens (tertiary/aromatic N) is 4. The van der Waals surface area contributed by atoms with E-state index < -0.39 is 12.0 Å². The van der Waals surface area contributed by atoms with Crippen LogP contribution in [0.15, 0.2) is 18.9 Å². The third-order valence-corrected chi connectivity index (χ3v) is 2.42. The van der Waals surface area contributed by atoms with Crippen LogP contribution in [0.2, 0.25) is 0 Å². The zero-order valence-electron chi connectivity index (χ0n) is 9.03. The van der Waals surface area contributed by atoms with Crippen molar-refractivity contribution in [1.82, 2.24) is 19.5 Å². The summed E-state index contributed by atoms with van der Waals surface area (Å²) in [6, 6.07) is -0.653. The molecule has 0 saturated heterocycles. The summed E-state index contributed by atoms with van der Waals surface area (Å²) < 4.78 is 1.57. The lowest BCUT2D eigenvalue weighted by atomic mass is 10.0. The second kappa shape index (κ2) is 3.88. The Hall–Kier alpha value is -1.98. The first-order valence-corrected chi connectivity index (χ1v) is 4.96. The van der Waals surface area contributed by atoms with E-state index >= 15 is 0 Å². The lowest BCUT2D eigenvalue weighted by molar-refractivity contribution is -0.142. The van der Waals surface area contributed by atoms with Gasteiger partial charge in [-0.2, -0.15) is 0 Å². The van der Waals surface area contributed by atoms with Gasteiger partial charge in [-0.25, -0.2) is 19.7 Å². The van der Waals surface area contributed by atoms with Gasteiger partial charge in [0.15, 0.2) is 5.65 Å².